The number of likely N-dealkylation sites (N-methyl/N-ethyl adjacent to an activating group) is 1. The zero-order chi connectivity index (χ0) is 13.1. The fourth-order valence-electron chi connectivity index (χ4n) is 1.87. The van der Waals surface area contributed by atoms with Crippen molar-refractivity contribution in [3.63, 3.8) is 0 Å². The second kappa shape index (κ2) is 5.80. The summed E-state index contributed by atoms with van der Waals surface area (Å²) in [7, 11) is 2.04. The predicted molar refractivity (Wildman–Crippen MR) is 79.6 cm³/mol. The Bertz CT molecular complexity index is 451. The van der Waals surface area contributed by atoms with E-state index in [9.17, 15) is 0 Å². The molecule has 0 fully saturated rings. The highest BCUT2D eigenvalue weighted by atomic mass is 32.2. The van der Waals surface area contributed by atoms with Crippen LogP contribution in [-0.4, -0.2) is 35.4 Å². The molecule has 5 heteroatoms. The van der Waals surface area contributed by atoms with Gasteiger partial charge in [-0.05, 0) is 37.3 Å². The summed E-state index contributed by atoms with van der Waals surface area (Å²) in [6.07, 6.45) is 2.94. The summed E-state index contributed by atoms with van der Waals surface area (Å²) in [5.41, 5.74) is 1.24. The molecule has 1 aliphatic heterocycles. The Labute approximate surface area is 117 Å². The number of thioether (sulfide) groups is 1. The Balaban J connectivity index is 2.03. The second-order valence-electron chi connectivity index (χ2n) is 4.32. The molecule has 0 aliphatic carbocycles. The Morgan fingerprint density at radius 2 is 2.17 bits per heavy atom. The highest BCUT2D eigenvalue weighted by molar-refractivity contribution is 8.22. The summed E-state index contributed by atoms with van der Waals surface area (Å²) in [5.74, 6) is 1.68. The van der Waals surface area contributed by atoms with Crippen molar-refractivity contribution in [3.05, 3.63) is 23.8 Å². The van der Waals surface area contributed by atoms with Gasteiger partial charge in [0.15, 0.2) is 11.5 Å². The molecule has 1 atom stereocenters. The fraction of sp³-hybridized carbons (Fsp3) is 0.462. The summed E-state index contributed by atoms with van der Waals surface area (Å²) in [6, 6.07) is 6.47. The van der Waals surface area contributed by atoms with Crippen LogP contribution in [0, 0.1) is 0 Å². The van der Waals surface area contributed by atoms with Gasteiger partial charge in [-0.25, -0.2) is 0 Å². The monoisotopic (exact) mass is 283 g/mol. The smallest absolute Gasteiger partial charge is 0.231 e. The Hall–Kier alpha value is -0.940. The van der Waals surface area contributed by atoms with Crippen molar-refractivity contribution >= 4 is 28.3 Å². The van der Waals surface area contributed by atoms with Gasteiger partial charge in [-0.1, -0.05) is 18.3 Å². The molecule has 0 N–H and O–H groups in total. The first-order valence-electron chi connectivity index (χ1n) is 5.81. The van der Waals surface area contributed by atoms with Crippen molar-refractivity contribution in [1.82, 2.24) is 4.90 Å². The van der Waals surface area contributed by atoms with Crippen molar-refractivity contribution in [2.75, 3.05) is 20.1 Å². The van der Waals surface area contributed by atoms with E-state index < -0.39 is 0 Å². The molecule has 98 valence electrons. The van der Waals surface area contributed by atoms with Crippen LogP contribution in [0.25, 0.3) is 0 Å². The maximum Gasteiger partial charge on any atom is 0.231 e. The van der Waals surface area contributed by atoms with E-state index in [0.717, 1.165) is 22.2 Å². The zero-order valence-corrected chi connectivity index (χ0v) is 12.4. The molecule has 3 nitrogen and oxygen atoms in total. The van der Waals surface area contributed by atoms with Gasteiger partial charge < -0.3 is 14.4 Å². The molecular formula is C13H17NO2S2. The molecule has 1 heterocycles. The third kappa shape index (κ3) is 2.90. The maximum atomic E-state index is 5.38. The summed E-state index contributed by atoms with van der Waals surface area (Å²) in [6.45, 7) is 2.50. The summed E-state index contributed by atoms with van der Waals surface area (Å²) >= 11 is 6.90. The molecule has 0 amide bonds. The van der Waals surface area contributed by atoms with Crippen LogP contribution in [-0.2, 0) is 6.42 Å². The van der Waals surface area contributed by atoms with E-state index >= 15 is 0 Å². The largest absolute Gasteiger partial charge is 0.454 e. The number of hydrogen-bond donors (Lipinski definition) is 0. The fourth-order valence-corrected chi connectivity index (χ4v) is 2.52. The molecule has 1 aromatic rings. The van der Waals surface area contributed by atoms with Gasteiger partial charge in [0.2, 0.25) is 6.79 Å². The molecule has 0 saturated heterocycles. The lowest BCUT2D eigenvalue weighted by Gasteiger charge is -2.26. The molecule has 0 unspecified atom stereocenters. The van der Waals surface area contributed by atoms with Crippen LogP contribution in [0.3, 0.4) is 0 Å². The summed E-state index contributed by atoms with van der Waals surface area (Å²) in [5, 5.41) is 0. The van der Waals surface area contributed by atoms with E-state index in [2.05, 4.69) is 24.0 Å². The molecular weight excluding hydrogens is 266 g/mol. The molecule has 0 spiro atoms. The normalized spacial score (nSPS) is 14.4. The van der Waals surface area contributed by atoms with Crippen molar-refractivity contribution in [2.45, 2.75) is 19.4 Å². The number of hydrogen-bond acceptors (Lipinski definition) is 4. The minimum atomic E-state index is 0.324. The number of benzene rings is 1. The first kappa shape index (κ1) is 13.5. The van der Waals surface area contributed by atoms with Crippen LogP contribution in [0.15, 0.2) is 18.2 Å². The Morgan fingerprint density at radius 3 is 2.89 bits per heavy atom. The number of rotatable bonds is 3. The minimum absolute atomic E-state index is 0.324. The summed E-state index contributed by atoms with van der Waals surface area (Å²) in [4.78, 5) is 2.13. The van der Waals surface area contributed by atoms with Crippen LogP contribution in [0.1, 0.15) is 12.5 Å². The number of fused-ring (bicyclic) bond motifs is 1. The van der Waals surface area contributed by atoms with Crippen molar-refractivity contribution in [3.8, 4) is 11.5 Å². The molecule has 0 saturated carbocycles. The van der Waals surface area contributed by atoms with E-state index in [-0.39, 0.29) is 0 Å². The predicted octanol–water partition coefficient (Wildman–Crippen LogP) is 2.93. The van der Waals surface area contributed by atoms with Crippen LogP contribution >= 0.6 is 24.0 Å². The van der Waals surface area contributed by atoms with Crippen LogP contribution in [0.5, 0.6) is 11.5 Å². The third-order valence-corrected chi connectivity index (χ3v) is 4.52. The van der Waals surface area contributed by atoms with E-state index in [4.69, 9.17) is 21.7 Å². The van der Waals surface area contributed by atoms with Gasteiger partial charge in [0.05, 0.1) is 0 Å². The highest BCUT2D eigenvalue weighted by Gasteiger charge is 2.16. The first-order valence-corrected chi connectivity index (χ1v) is 7.44. The van der Waals surface area contributed by atoms with Gasteiger partial charge in [-0.3, -0.25) is 0 Å². The topological polar surface area (TPSA) is 21.7 Å². The van der Waals surface area contributed by atoms with Crippen molar-refractivity contribution < 1.29 is 9.47 Å². The van der Waals surface area contributed by atoms with Crippen LogP contribution in [0.4, 0.5) is 0 Å². The van der Waals surface area contributed by atoms with Gasteiger partial charge in [0, 0.05) is 13.1 Å². The molecule has 1 aromatic carbocycles. The molecule has 2 rings (SSSR count). The van der Waals surface area contributed by atoms with E-state index in [1.165, 1.54) is 5.56 Å². The Morgan fingerprint density at radius 1 is 1.44 bits per heavy atom. The number of thiocarbonyl (C=S) groups is 1. The minimum Gasteiger partial charge on any atom is -0.454 e. The zero-order valence-electron chi connectivity index (χ0n) is 10.8. The van der Waals surface area contributed by atoms with Gasteiger partial charge in [-0.2, -0.15) is 0 Å². The van der Waals surface area contributed by atoms with Gasteiger partial charge in [-0.15, -0.1) is 11.8 Å². The van der Waals surface area contributed by atoms with Gasteiger partial charge >= 0.3 is 0 Å². The van der Waals surface area contributed by atoms with Crippen molar-refractivity contribution in [2.24, 2.45) is 0 Å². The number of ether oxygens (including phenoxy) is 2. The average Bonchev–Trinajstić information content (AvgIpc) is 2.84. The molecule has 0 radical (unpaired) electrons. The molecule has 0 bridgehead atoms. The van der Waals surface area contributed by atoms with E-state index in [1.807, 2.05) is 19.4 Å². The lowest BCUT2D eigenvalue weighted by atomic mass is 10.1. The first-order chi connectivity index (χ1) is 8.61. The standard InChI is InChI=1S/C13H17NO2S2/c1-9(14(2)13(17)18-3)6-10-4-5-11-12(7-10)16-8-15-11/h4-5,7,9H,6,8H2,1-3H3/t9-/m1/s1. The molecule has 0 aromatic heterocycles. The summed E-state index contributed by atoms with van der Waals surface area (Å²) < 4.78 is 11.6. The molecule has 1 aliphatic rings. The van der Waals surface area contributed by atoms with E-state index in [0.29, 0.717) is 12.8 Å². The van der Waals surface area contributed by atoms with E-state index in [1.54, 1.807) is 11.8 Å². The van der Waals surface area contributed by atoms with Gasteiger partial charge in [0.25, 0.3) is 0 Å². The van der Waals surface area contributed by atoms with Crippen LogP contribution in [0.2, 0.25) is 0 Å². The SMILES string of the molecule is CSC(=S)N(C)[C@H](C)Cc1ccc2c(c1)OCO2. The van der Waals surface area contributed by atoms with Crippen LogP contribution < -0.4 is 9.47 Å². The van der Waals surface area contributed by atoms with Gasteiger partial charge in [0.1, 0.15) is 4.32 Å². The quantitative estimate of drug-likeness (QED) is 0.793. The second-order valence-corrected chi connectivity index (χ2v) is 5.76. The highest BCUT2D eigenvalue weighted by Crippen LogP contribution is 2.33. The lowest BCUT2D eigenvalue weighted by molar-refractivity contribution is 0.174. The maximum absolute atomic E-state index is 5.38. The average molecular weight is 283 g/mol. The molecule has 18 heavy (non-hydrogen) atoms. The lowest BCUT2D eigenvalue weighted by Crippen LogP contribution is -2.33. The third-order valence-electron chi connectivity index (χ3n) is 3.09. The van der Waals surface area contributed by atoms with Crippen molar-refractivity contribution in [1.29, 1.82) is 0 Å². The number of nitrogens with zero attached hydrogens (tertiary/aromatic N) is 1. The Kier molecular flexibility index (Phi) is 4.35.